The molecule has 0 aromatic rings. The Hall–Kier alpha value is -0.0800. The van der Waals surface area contributed by atoms with E-state index in [1.165, 1.54) is 12.8 Å². The van der Waals surface area contributed by atoms with Crippen molar-refractivity contribution >= 4 is 0 Å². The van der Waals surface area contributed by atoms with E-state index in [0.29, 0.717) is 17.3 Å². The average molecular weight is 252 g/mol. The van der Waals surface area contributed by atoms with Crippen molar-refractivity contribution in [3.05, 3.63) is 0 Å². The van der Waals surface area contributed by atoms with Crippen molar-refractivity contribution in [3.63, 3.8) is 0 Å². The highest BCUT2D eigenvalue weighted by molar-refractivity contribution is 5.23. The van der Waals surface area contributed by atoms with Crippen LogP contribution in [0, 0.1) is 22.7 Å². The molecule has 0 heterocycles. The maximum atomic E-state index is 11.0. The molecule has 2 nitrogen and oxygen atoms in total. The van der Waals surface area contributed by atoms with Crippen LogP contribution in [-0.2, 0) is 4.74 Å². The third-order valence-corrected chi connectivity index (χ3v) is 7.08. The molecule has 3 aliphatic carbocycles. The number of methoxy groups -OCH3 is 1. The van der Waals surface area contributed by atoms with Crippen molar-refractivity contribution in [2.45, 2.75) is 71.0 Å². The second-order valence-corrected chi connectivity index (χ2v) is 8.17. The number of ether oxygens (including phenoxy) is 1. The fourth-order valence-electron chi connectivity index (χ4n) is 6.10. The highest BCUT2D eigenvalue weighted by Crippen LogP contribution is 2.75. The molecule has 18 heavy (non-hydrogen) atoms. The lowest BCUT2D eigenvalue weighted by atomic mass is 9.64. The van der Waals surface area contributed by atoms with Crippen LogP contribution in [0.1, 0.15) is 59.8 Å². The van der Waals surface area contributed by atoms with Gasteiger partial charge in [0, 0.05) is 12.5 Å². The molecule has 5 atom stereocenters. The minimum Gasteiger partial charge on any atom is -0.390 e. The fourth-order valence-corrected chi connectivity index (χ4v) is 6.10. The van der Waals surface area contributed by atoms with Crippen molar-refractivity contribution in [1.82, 2.24) is 0 Å². The van der Waals surface area contributed by atoms with Gasteiger partial charge in [0.15, 0.2) is 0 Å². The zero-order valence-corrected chi connectivity index (χ0v) is 12.5. The quantitative estimate of drug-likeness (QED) is 0.775. The zero-order valence-electron chi connectivity index (χ0n) is 12.5. The van der Waals surface area contributed by atoms with Gasteiger partial charge in [-0.05, 0) is 63.2 Å². The Morgan fingerprint density at radius 1 is 1.00 bits per heavy atom. The smallest absolute Gasteiger partial charge is 0.0685 e. The van der Waals surface area contributed by atoms with E-state index in [1.54, 1.807) is 0 Å². The average Bonchev–Trinajstić information content (AvgIpc) is 2.79. The summed E-state index contributed by atoms with van der Waals surface area (Å²) in [7, 11) is 1.85. The number of hydrogen-bond acceptors (Lipinski definition) is 2. The first-order chi connectivity index (χ1) is 8.20. The third-order valence-electron chi connectivity index (χ3n) is 7.08. The van der Waals surface area contributed by atoms with Crippen LogP contribution in [0.4, 0.5) is 0 Å². The Kier molecular flexibility index (Phi) is 2.39. The summed E-state index contributed by atoms with van der Waals surface area (Å²) >= 11 is 0. The molecule has 3 aliphatic rings. The van der Waals surface area contributed by atoms with Gasteiger partial charge in [0.25, 0.3) is 0 Å². The molecule has 1 N–H and O–H groups in total. The predicted molar refractivity (Wildman–Crippen MR) is 72.3 cm³/mol. The topological polar surface area (TPSA) is 29.5 Å². The Balaban J connectivity index is 2.12. The Bertz CT molecular complexity index is 373. The summed E-state index contributed by atoms with van der Waals surface area (Å²) in [5.41, 5.74) is -0.0562. The molecular weight excluding hydrogens is 224 g/mol. The molecule has 0 aliphatic heterocycles. The van der Waals surface area contributed by atoms with Crippen molar-refractivity contribution in [2.24, 2.45) is 22.7 Å². The highest BCUT2D eigenvalue weighted by Gasteiger charge is 2.74. The van der Waals surface area contributed by atoms with Crippen LogP contribution in [0.2, 0.25) is 0 Å². The minimum atomic E-state index is -0.494. The number of aliphatic hydroxyl groups is 1. The van der Waals surface area contributed by atoms with Crippen molar-refractivity contribution in [2.75, 3.05) is 7.11 Å². The van der Waals surface area contributed by atoms with E-state index in [9.17, 15) is 5.11 Å². The zero-order chi connectivity index (χ0) is 13.4. The van der Waals surface area contributed by atoms with Gasteiger partial charge in [0.1, 0.15) is 0 Å². The van der Waals surface area contributed by atoms with E-state index in [2.05, 4.69) is 27.7 Å². The van der Waals surface area contributed by atoms with Crippen LogP contribution < -0.4 is 0 Å². The van der Waals surface area contributed by atoms with Crippen LogP contribution in [0.5, 0.6) is 0 Å². The number of hydrogen-bond donors (Lipinski definition) is 1. The molecule has 104 valence electrons. The number of rotatable bonds is 1. The molecule has 0 aromatic heterocycles. The molecule has 3 fully saturated rings. The Labute approximate surface area is 111 Å². The molecule has 3 saturated carbocycles. The van der Waals surface area contributed by atoms with E-state index >= 15 is 0 Å². The van der Waals surface area contributed by atoms with Gasteiger partial charge in [-0.1, -0.05) is 13.8 Å². The normalized spacial score (nSPS) is 57.7. The fraction of sp³-hybridized carbons (Fsp3) is 1.00. The first-order valence-corrected chi connectivity index (χ1v) is 7.47. The molecule has 2 unspecified atom stereocenters. The molecule has 0 saturated heterocycles. The second-order valence-electron chi connectivity index (χ2n) is 8.17. The summed E-state index contributed by atoms with van der Waals surface area (Å²) in [6.45, 7) is 9.15. The monoisotopic (exact) mass is 252 g/mol. The maximum Gasteiger partial charge on any atom is 0.0685 e. The lowest BCUT2D eigenvalue weighted by molar-refractivity contribution is -0.108. The van der Waals surface area contributed by atoms with Gasteiger partial charge >= 0.3 is 0 Å². The van der Waals surface area contributed by atoms with Crippen molar-refractivity contribution in [3.8, 4) is 0 Å². The summed E-state index contributed by atoms with van der Waals surface area (Å²) in [5, 5.41) is 11.0. The molecule has 0 radical (unpaired) electrons. The van der Waals surface area contributed by atoms with Crippen molar-refractivity contribution in [1.29, 1.82) is 0 Å². The van der Waals surface area contributed by atoms with E-state index in [4.69, 9.17) is 4.74 Å². The van der Waals surface area contributed by atoms with Gasteiger partial charge < -0.3 is 9.84 Å². The van der Waals surface area contributed by atoms with E-state index < -0.39 is 5.60 Å². The first kappa shape index (κ1) is 12.9. The maximum absolute atomic E-state index is 11.0. The summed E-state index contributed by atoms with van der Waals surface area (Å²) < 4.78 is 5.89. The van der Waals surface area contributed by atoms with E-state index in [0.717, 1.165) is 19.3 Å². The van der Waals surface area contributed by atoms with Crippen LogP contribution in [0.3, 0.4) is 0 Å². The van der Waals surface area contributed by atoms with E-state index in [1.807, 2.05) is 7.11 Å². The van der Waals surface area contributed by atoms with Crippen LogP contribution in [-0.4, -0.2) is 23.4 Å². The standard InChI is InChI=1S/C16H28O2/c1-13(2)10-12-14(3,18-5)8-9-16(12)11(13)6-7-15(16,4)17/h11-12,17H,6-10H2,1-5H3/t11-,12+,14?,15-,16?/m0/s1. The molecule has 3 rings (SSSR count). The molecule has 0 aromatic carbocycles. The van der Waals surface area contributed by atoms with Crippen molar-refractivity contribution < 1.29 is 9.84 Å². The predicted octanol–water partition coefficient (Wildman–Crippen LogP) is 3.38. The third kappa shape index (κ3) is 1.22. The molecule has 0 bridgehead atoms. The van der Waals surface area contributed by atoms with Gasteiger partial charge in [0.05, 0.1) is 11.2 Å². The summed E-state index contributed by atoms with van der Waals surface area (Å²) in [5.74, 6) is 1.19. The highest BCUT2D eigenvalue weighted by atomic mass is 16.5. The largest absolute Gasteiger partial charge is 0.390 e. The summed E-state index contributed by atoms with van der Waals surface area (Å²) in [4.78, 5) is 0. The second kappa shape index (κ2) is 3.32. The minimum absolute atomic E-state index is 0.0274. The molecule has 2 heteroatoms. The molecular formula is C16H28O2. The van der Waals surface area contributed by atoms with Gasteiger partial charge in [-0.2, -0.15) is 0 Å². The Morgan fingerprint density at radius 2 is 1.67 bits per heavy atom. The SMILES string of the molecule is COC1(C)CCC23[C@@H]1CC(C)(C)[C@@H]2CC[C@]3(C)O. The van der Waals surface area contributed by atoms with Crippen LogP contribution >= 0.6 is 0 Å². The first-order valence-electron chi connectivity index (χ1n) is 7.47. The van der Waals surface area contributed by atoms with Gasteiger partial charge in [0.2, 0.25) is 0 Å². The van der Waals surface area contributed by atoms with Gasteiger partial charge in [-0.3, -0.25) is 0 Å². The Morgan fingerprint density at radius 3 is 2.28 bits per heavy atom. The van der Waals surface area contributed by atoms with Gasteiger partial charge in [-0.15, -0.1) is 0 Å². The van der Waals surface area contributed by atoms with E-state index in [-0.39, 0.29) is 11.0 Å². The lowest BCUT2D eigenvalue weighted by Crippen LogP contribution is -2.48. The summed E-state index contributed by atoms with van der Waals surface area (Å²) in [6, 6.07) is 0. The van der Waals surface area contributed by atoms with Crippen LogP contribution in [0.25, 0.3) is 0 Å². The van der Waals surface area contributed by atoms with Gasteiger partial charge in [-0.25, -0.2) is 0 Å². The molecule has 1 spiro atoms. The summed E-state index contributed by atoms with van der Waals surface area (Å²) in [6.07, 6.45) is 5.62. The van der Waals surface area contributed by atoms with Crippen LogP contribution in [0.15, 0.2) is 0 Å². The lowest BCUT2D eigenvalue weighted by Gasteiger charge is -2.44. The molecule has 0 amide bonds.